The van der Waals surface area contributed by atoms with E-state index in [2.05, 4.69) is 47.5 Å². The number of likely N-dealkylation sites (tertiary alicyclic amines) is 1. The zero-order valence-corrected chi connectivity index (χ0v) is 21.7. The summed E-state index contributed by atoms with van der Waals surface area (Å²) in [6.07, 6.45) is 13.1. The lowest BCUT2D eigenvalue weighted by atomic mass is 9.84. The second kappa shape index (κ2) is 15.4. The number of carbonyl (C=O) groups excluding carboxylic acids is 1. The quantitative estimate of drug-likeness (QED) is 0.324. The number of urea groups is 1. The van der Waals surface area contributed by atoms with Crippen LogP contribution in [0.3, 0.4) is 0 Å². The summed E-state index contributed by atoms with van der Waals surface area (Å²) >= 11 is 0. The smallest absolute Gasteiger partial charge is 0.317 e. The first-order valence-corrected chi connectivity index (χ1v) is 14.0. The fourth-order valence-electron chi connectivity index (χ4n) is 5.79. The predicted molar refractivity (Wildman–Crippen MR) is 139 cm³/mol. The summed E-state index contributed by atoms with van der Waals surface area (Å²) in [5.41, 5.74) is 1.22. The van der Waals surface area contributed by atoms with Gasteiger partial charge in [0.2, 0.25) is 0 Å². The maximum atomic E-state index is 13.3. The first-order chi connectivity index (χ1) is 16.7. The van der Waals surface area contributed by atoms with Crippen LogP contribution in [0.4, 0.5) is 4.79 Å². The lowest BCUT2D eigenvalue weighted by molar-refractivity contribution is -0.0184. The third kappa shape index (κ3) is 8.88. The number of rotatable bonds is 13. The van der Waals surface area contributed by atoms with E-state index in [1.54, 1.807) is 0 Å². The second-order valence-corrected chi connectivity index (χ2v) is 10.3. The van der Waals surface area contributed by atoms with E-state index in [1.165, 1.54) is 37.7 Å². The molecule has 34 heavy (non-hydrogen) atoms. The number of piperidine rings is 1. The van der Waals surface area contributed by atoms with Gasteiger partial charge >= 0.3 is 6.03 Å². The van der Waals surface area contributed by atoms with Gasteiger partial charge in [-0.1, -0.05) is 75.8 Å². The van der Waals surface area contributed by atoms with Gasteiger partial charge in [-0.15, -0.1) is 0 Å². The van der Waals surface area contributed by atoms with Crippen molar-refractivity contribution in [2.75, 3.05) is 32.9 Å². The maximum Gasteiger partial charge on any atom is 0.317 e. The summed E-state index contributed by atoms with van der Waals surface area (Å²) in [6.45, 7) is 8.02. The highest BCUT2D eigenvalue weighted by Gasteiger charge is 2.32. The number of hydrogen-bond donors (Lipinski definition) is 1. The molecule has 192 valence electrons. The van der Waals surface area contributed by atoms with Crippen molar-refractivity contribution in [2.24, 2.45) is 11.8 Å². The van der Waals surface area contributed by atoms with Gasteiger partial charge in [-0.3, -0.25) is 0 Å². The molecular formula is C29H48N2O3. The van der Waals surface area contributed by atoms with E-state index in [1.807, 2.05) is 6.92 Å². The molecule has 1 aromatic carbocycles. The number of nitrogens with zero attached hydrogens (tertiary/aromatic N) is 1. The molecule has 3 rings (SSSR count). The molecule has 0 aromatic heterocycles. The Kier molecular flexibility index (Phi) is 12.2. The van der Waals surface area contributed by atoms with Crippen molar-refractivity contribution < 1.29 is 14.3 Å². The molecule has 2 aliphatic rings. The molecule has 1 aliphatic heterocycles. The Morgan fingerprint density at radius 3 is 2.59 bits per heavy atom. The third-order valence-electron chi connectivity index (χ3n) is 7.54. The predicted octanol–water partition coefficient (Wildman–Crippen LogP) is 6.73. The van der Waals surface area contributed by atoms with Crippen molar-refractivity contribution >= 4 is 6.03 Å². The zero-order chi connectivity index (χ0) is 24.0. The number of carbonyl (C=O) groups is 1. The molecule has 1 aliphatic carbocycles. The molecule has 0 unspecified atom stereocenters. The van der Waals surface area contributed by atoms with Crippen molar-refractivity contribution in [3.8, 4) is 0 Å². The standard InChI is InChI=1S/C29H48N2O3/c1-3-13-27(22-24-14-7-5-8-15-24)30-29(32)31-19-11-18-26(23-31)28(25-16-9-6-10-17-25)34-21-12-20-33-4-2/h6,9-10,16-17,24,26-28H,3-5,7-8,11-15,18-23H2,1-2H3,(H,30,32)/t26-,27-,28+/m1/s1. The Morgan fingerprint density at radius 2 is 1.85 bits per heavy atom. The minimum Gasteiger partial charge on any atom is -0.382 e. The minimum absolute atomic E-state index is 0.0205. The molecule has 0 bridgehead atoms. The van der Waals surface area contributed by atoms with Crippen LogP contribution in [0.5, 0.6) is 0 Å². The molecule has 1 aromatic rings. The zero-order valence-electron chi connectivity index (χ0n) is 21.7. The van der Waals surface area contributed by atoms with Gasteiger partial charge in [0.05, 0.1) is 6.10 Å². The van der Waals surface area contributed by atoms with Crippen LogP contribution in [0.15, 0.2) is 30.3 Å². The van der Waals surface area contributed by atoms with Gasteiger partial charge in [-0.25, -0.2) is 4.79 Å². The van der Waals surface area contributed by atoms with Crippen molar-refractivity contribution in [1.29, 1.82) is 0 Å². The normalized spacial score (nSPS) is 21.2. The van der Waals surface area contributed by atoms with Gasteiger partial charge in [0.1, 0.15) is 0 Å². The average Bonchev–Trinajstić information content (AvgIpc) is 2.87. The molecule has 1 N–H and O–H groups in total. The fraction of sp³-hybridized carbons (Fsp3) is 0.759. The van der Waals surface area contributed by atoms with Crippen LogP contribution in [-0.4, -0.2) is 49.9 Å². The van der Waals surface area contributed by atoms with Crippen LogP contribution >= 0.6 is 0 Å². The van der Waals surface area contributed by atoms with Crippen LogP contribution in [0.2, 0.25) is 0 Å². The molecule has 0 radical (unpaired) electrons. The number of nitrogens with one attached hydrogen (secondary N) is 1. The summed E-state index contributed by atoms with van der Waals surface area (Å²) in [6, 6.07) is 11.0. The monoisotopic (exact) mass is 472 g/mol. The van der Waals surface area contributed by atoms with Crippen molar-refractivity contribution in [3.05, 3.63) is 35.9 Å². The largest absolute Gasteiger partial charge is 0.382 e. The van der Waals surface area contributed by atoms with Gasteiger partial charge in [0.25, 0.3) is 0 Å². The minimum atomic E-state index is 0.0205. The van der Waals surface area contributed by atoms with Crippen molar-refractivity contribution in [1.82, 2.24) is 10.2 Å². The highest BCUT2D eigenvalue weighted by Crippen LogP contribution is 2.33. The summed E-state index contributed by atoms with van der Waals surface area (Å²) in [4.78, 5) is 15.4. The van der Waals surface area contributed by atoms with Crippen molar-refractivity contribution in [3.63, 3.8) is 0 Å². The summed E-state index contributed by atoms with van der Waals surface area (Å²) < 4.78 is 11.9. The Morgan fingerprint density at radius 1 is 1.06 bits per heavy atom. The fourth-order valence-corrected chi connectivity index (χ4v) is 5.79. The van der Waals surface area contributed by atoms with E-state index in [9.17, 15) is 4.79 Å². The Bertz CT molecular complexity index is 677. The third-order valence-corrected chi connectivity index (χ3v) is 7.54. The Labute approximate surface area is 208 Å². The van der Waals surface area contributed by atoms with Crippen LogP contribution in [0.1, 0.15) is 96.1 Å². The first-order valence-electron chi connectivity index (χ1n) is 14.0. The van der Waals surface area contributed by atoms with Crippen molar-refractivity contribution in [2.45, 2.75) is 96.6 Å². The number of amides is 2. The second-order valence-electron chi connectivity index (χ2n) is 10.3. The van der Waals surface area contributed by atoms with E-state index in [0.29, 0.717) is 18.6 Å². The molecule has 3 atom stereocenters. The molecule has 1 saturated carbocycles. The highest BCUT2D eigenvalue weighted by molar-refractivity contribution is 5.74. The molecule has 2 amide bonds. The summed E-state index contributed by atoms with van der Waals surface area (Å²) in [5.74, 6) is 1.10. The Balaban J connectivity index is 1.58. The van der Waals surface area contributed by atoms with Crippen LogP contribution in [0, 0.1) is 11.8 Å². The van der Waals surface area contributed by atoms with Gasteiger partial charge in [-0.2, -0.15) is 0 Å². The van der Waals surface area contributed by atoms with E-state index in [-0.39, 0.29) is 12.1 Å². The summed E-state index contributed by atoms with van der Waals surface area (Å²) in [5, 5.41) is 3.43. The van der Waals surface area contributed by atoms with Gasteiger partial charge in [-0.05, 0) is 50.5 Å². The number of hydrogen-bond acceptors (Lipinski definition) is 3. The van der Waals surface area contributed by atoms with E-state index >= 15 is 0 Å². The molecular weight excluding hydrogens is 424 g/mol. The van der Waals surface area contributed by atoms with Crippen LogP contribution in [0.25, 0.3) is 0 Å². The van der Waals surface area contributed by atoms with Crippen LogP contribution in [-0.2, 0) is 9.47 Å². The number of benzene rings is 1. The Hall–Kier alpha value is -1.59. The first kappa shape index (κ1) is 27.0. The van der Waals surface area contributed by atoms with E-state index in [0.717, 1.165) is 70.7 Å². The number of ether oxygens (including phenoxy) is 2. The lowest BCUT2D eigenvalue weighted by Crippen LogP contribution is -2.50. The lowest BCUT2D eigenvalue weighted by Gasteiger charge is -2.38. The molecule has 0 spiro atoms. The van der Waals surface area contributed by atoms with Gasteiger partial charge in [0, 0.05) is 44.9 Å². The van der Waals surface area contributed by atoms with Gasteiger partial charge in [0.15, 0.2) is 0 Å². The molecule has 1 heterocycles. The van der Waals surface area contributed by atoms with E-state index < -0.39 is 0 Å². The maximum absolute atomic E-state index is 13.3. The SMILES string of the molecule is CCC[C@H](CC1CCCCC1)NC(=O)N1CCC[C@@H]([C@@H](OCCCOCC)c2ccccc2)C1. The summed E-state index contributed by atoms with van der Waals surface area (Å²) in [7, 11) is 0. The topological polar surface area (TPSA) is 50.8 Å². The van der Waals surface area contributed by atoms with Crippen LogP contribution < -0.4 is 5.32 Å². The highest BCUT2D eigenvalue weighted by atomic mass is 16.5. The molecule has 2 fully saturated rings. The molecule has 5 heteroatoms. The molecule has 1 saturated heterocycles. The average molecular weight is 473 g/mol. The van der Waals surface area contributed by atoms with E-state index in [4.69, 9.17) is 9.47 Å². The van der Waals surface area contributed by atoms with Gasteiger partial charge < -0.3 is 19.7 Å². The molecule has 5 nitrogen and oxygen atoms in total.